The molecule has 1 aliphatic heterocycles. The van der Waals surface area contributed by atoms with Crippen LogP contribution in [0.25, 0.3) is 0 Å². The van der Waals surface area contributed by atoms with Gasteiger partial charge in [0.25, 0.3) is 0 Å². The van der Waals surface area contributed by atoms with Crippen LogP contribution < -0.4 is 15.0 Å². The van der Waals surface area contributed by atoms with E-state index in [0.29, 0.717) is 17.0 Å². The van der Waals surface area contributed by atoms with Crippen LogP contribution in [-0.2, 0) is 0 Å². The fourth-order valence-corrected chi connectivity index (χ4v) is 3.63. The van der Waals surface area contributed by atoms with Crippen LogP contribution in [0.1, 0.15) is 34.8 Å². The Balaban J connectivity index is 0.00000256. The second-order valence-corrected chi connectivity index (χ2v) is 7.08. The van der Waals surface area contributed by atoms with Crippen molar-refractivity contribution < 1.29 is 11.0 Å². The maximum Gasteiger partial charge on any atom is 0.213 e. The molecule has 1 atom stereocenters. The third-order valence-corrected chi connectivity index (χ3v) is 5.21. The summed E-state index contributed by atoms with van der Waals surface area (Å²) in [5.74, 6) is 1.56. The van der Waals surface area contributed by atoms with Gasteiger partial charge in [-0.2, -0.15) is 0 Å². The highest BCUT2D eigenvalue weighted by Crippen LogP contribution is 2.24. The molecule has 150 valence electrons. The average molecular weight is 390 g/mol. The second-order valence-electron chi connectivity index (χ2n) is 7.08. The van der Waals surface area contributed by atoms with Gasteiger partial charge in [-0.3, -0.25) is 9.78 Å². The Kier molecular flexibility index (Phi) is 5.53. The van der Waals surface area contributed by atoms with Crippen molar-refractivity contribution >= 4 is 11.6 Å². The normalized spacial score (nSPS) is 16.5. The number of carbonyl (C=O) groups is 1. The van der Waals surface area contributed by atoms with Crippen LogP contribution in [0.3, 0.4) is 0 Å². The quantitative estimate of drug-likeness (QED) is 0.674. The first-order valence-corrected chi connectivity index (χ1v) is 9.71. The summed E-state index contributed by atoms with van der Waals surface area (Å²) in [7, 11) is 1.68. The van der Waals surface area contributed by atoms with Crippen molar-refractivity contribution in [2.45, 2.75) is 13.0 Å². The number of aryl methyl sites for hydroxylation is 1. The van der Waals surface area contributed by atoms with E-state index in [-0.39, 0.29) is 13.3 Å². The van der Waals surface area contributed by atoms with Crippen molar-refractivity contribution in [3.63, 3.8) is 0 Å². The summed E-state index contributed by atoms with van der Waals surface area (Å²) in [5.41, 5.74) is 2.92. The third-order valence-electron chi connectivity index (χ3n) is 5.21. The Bertz CT molecular complexity index is 1030. The van der Waals surface area contributed by atoms with Gasteiger partial charge < -0.3 is 15.0 Å². The second kappa shape index (κ2) is 8.41. The van der Waals surface area contributed by atoms with Crippen LogP contribution in [0.4, 0.5) is 5.82 Å². The molecule has 4 rings (SSSR count). The minimum atomic E-state index is -0.100. The summed E-state index contributed by atoms with van der Waals surface area (Å²) in [6, 6.07) is 17.5. The summed E-state index contributed by atoms with van der Waals surface area (Å²) in [4.78, 5) is 24.0. The predicted molar refractivity (Wildman–Crippen MR) is 115 cm³/mol. The molecule has 0 radical (unpaired) electrons. The molecule has 29 heavy (non-hydrogen) atoms. The van der Waals surface area contributed by atoms with Crippen molar-refractivity contribution in [1.82, 2.24) is 15.3 Å². The van der Waals surface area contributed by atoms with Crippen molar-refractivity contribution in [2.75, 3.05) is 31.6 Å². The maximum atomic E-state index is 12.9. The molecule has 3 aromatic rings. The third kappa shape index (κ3) is 4.12. The van der Waals surface area contributed by atoms with E-state index >= 15 is 0 Å². The number of nitrogens with one attached hydrogen (secondary N) is 1. The van der Waals surface area contributed by atoms with Gasteiger partial charge in [0.1, 0.15) is 17.3 Å². The summed E-state index contributed by atoms with van der Waals surface area (Å²) in [6.45, 7) is 4.27. The number of carbonyl (C=O) groups excluding carboxylic acids is 1. The molecular weight excluding hydrogens is 364 g/mol. The van der Waals surface area contributed by atoms with Crippen LogP contribution in [0, 0.1) is 6.92 Å². The van der Waals surface area contributed by atoms with E-state index in [1.807, 2.05) is 31.2 Å². The summed E-state index contributed by atoms with van der Waals surface area (Å²) >= 11 is 0. The molecule has 1 fully saturated rings. The lowest BCUT2D eigenvalue weighted by Crippen LogP contribution is -2.46. The number of aromatic nitrogens is 2. The lowest BCUT2D eigenvalue weighted by atomic mass is 10.0. The van der Waals surface area contributed by atoms with E-state index in [1.165, 1.54) is 5.56 Å². The topological polar surface area (TPSA) is 67.3 Å². The standard InChI is InChI=1S/C23H24N4O2.H2/c1-16-19(8-5-11-24-16)23(28)20-9-4-10-22(26-20)27-13-12-25-21(15-27)17-6-3-7-18(14-17)29-2;/h3-11,14,21,25H,12-13,15H2,1-2H3;1H. The molecule has 1 aromatic carbocycles. The van der Waals surface area contributed by atoms with Gasteiger partial charge >= 0.3 is 0 Å². The van der Waals surface area contributed by atoms with Crippen molar-refractivity contribution in [1.29, 1.82) is 0 Å². The Labute approximate surface area is 172 Å². The van der Waals surface area contributed by atoms with Crippen LogP contribution in [0.5, 0.6) is 5.75 Å². The molecule has 0 spiro atoms. The molecule has 1 aliphatic rings. The lowest BCUT2D eigenvalue weighted by Gasteiger charge is -2.35. The lowest BCUT2D eigenvalue weighted by molar-refractivity contribution is 0.103. The Morgan fingerprint density at radius 2 is 2.07 bits per heavy atom. The number of piperazine rings is 1. The number of anilines is 1. The molecule has 6 nitrogen and oxygen atoms in total. The zero-order valence-electron chi connectivity index (χ0n) is 16.6. The number of methoxy groups -OCH3 is 1. The smallest absolute Gasteiger partial charge is 0.213 e. The number of pyridine rings is 2. The number of nitrogens with zero attached hydrogens (tertiary/aromatic N) is 3. The molecule has 3 heterocycles. The molecule has 0 saturated carbocycles. The first-order chi connectivity index (χ1) is 14.2. The van der Waals surface area contributed by atoms with Gasteiger partial charge in [0, 0.05) is 38.5 Å². The van der Waals surface area contributed by atoms with E-state index in [1.54, 1.807) is 31.5 Å². The average Bonchev–Trinajstić information content (AvgIpc) is 2.79. The van der Waals surface area contributed by atoms with Gasteiger partial charge in [-0.15, -0.1) is 0 Å². The monoisotopic (exact) mass is 390 g/mol. The number of hydrogen-bond donors (Lipinski definition) is 1. The van der Waals surface area contributed by atoms with Crippen LogP contribution in [-0.4, -0.2) is 42.5 Å². The molecule has 2 aromatic heterocycles. The Morgan fingerprint density at radius 3 is 2.90 bits per heavy atom. The van der Waals surface area contributed by atoms with Gasteiger partial charge in [0.05, 0.1) is 13.2 Å². The van der Waals surface area contributed by atoms with Crippen molar-refractivity contribution in [3.8, 4) is 5.75 Å². The van der Waals surface area contributed by atoms with Crippen molar-refractivity contribution in [2.24, 2.45) is 0 Å². The number of hydrogen-bond acceptors (Lipinski definition) is 6. The first-order valence-electron chi connectivity index (χ1n) is 9.71. The fourth-order valence-electron chi connectivity index (χ4n) is 3.63. The first kappa shape index (κ1) is 19.1. The van der Waals surface area contributed by atoms with Crippen molar-refractivity contribution in [3.05, 3.63) is 83.3 Å². The molecule has 6 heteroatoms. The van der Waals surface area contributed by atoms with Gasteiger partial charge in [0.15, 0.2) is 0 Å². The van der Waals surface area contributed by atoms with E-state index in [2.05, 4.69) is 32.3 Å². The molecule has 1 saturated heterocycles. The number of rotatable bonds is 5. The summed E-state index contributed by atoms with van der Waals surface area (Å²) in [5, 5.41) is 3.56. The Morgan fingerprint density at radius 1 is 1.21 bits per heavy atom. The molecule has 1 unspecified atom stereocenters. The zero-order valence-corrected chi connectivity index (χ0v) is 16.6. The highest BCUT2D eigenvalue weighted by Gasteiger charge is 2.23. The minimum absolute atomic E-state index is 0. The highest BCUT2D eigenvalue weighted by atomic mass is 16.5. The molecule has 0 amide bonds. The molecule has 0 bridgehead atoms. The van der Waals surface area contributed by atoms with Crippen LogP contribution in [0.2, 0.25) is 0 Å². The van der Waals surface area contributed by atoms with Gasteiger partial charge in [-0.1, -0.05) is 18.2 Å². The van der Waals surface area contributed by atoms with E-state index in [9.17, 15) is 4.79 Å². The SMILES string of the molecule is COc1cccc(C2CN(c3cccc(C(=O)c4cccnc4C)n3)CCN2)c1.[HH]. The van der Waals surface area contributed by atoms with E-state index < -0.39 is 0 Å². The number of ether oxygens (including phenoxy) is 1. The summed E-state index contributed by atoms with van der Waals surface area (Å²) < 4.78 is 5.35. The minimum Gasteiger partial charge on any atom is -0.497 e. The van der Waals surface area contributed by atoms with Gasteiger partial charge in [-0.05, 0) is 48.9 Å². The van der Waals surface area contributed by atoms with Gasteiger partial charge in [-0.25, -0.2) is 4.98 Å². The van der Waals surface area contributed by atoms with E-state index in [4.69, 9.17) is 4.74 Å². The highest BCUT2D eigenvalue weighted by molar-refractivity contribution is 6.08. The number of benzene rings is 1. The Hall–Kier alpha value is -3.25. The molecule has 1 N–H and O–H groups in total. The largest absolute Gasteiger partial charge is 0.497 e. The van der Waals surface area contributed by atoms with Crippen LogP contribution in [0.15, 0.2) is 60.8 Å². The maximum absolute atomic E-state index is 12.9. The summed E-state index contributed by atoms with van der Waals surface area (Å²) in [6.07, 6.45) is 1.69. The zero-order chi connectivity index (χ0) is 20.2. The molecule has 0 aliphatic carbocycles. The fraction of sp³-hybridized carbons (Fsp3) is 0.261. The van der Waals surface area contributed by atoms with Gasteiger partial charge in [0.2, 0.25) is 5.78 Å². The van der Waals surface area contributed by atoms with E-state index in [0.717, 1.165) is 31.2 Å². The predicted octanol–water partition coefficient (Wildman–Crippen LogP) is 3.42. The molecular formula is C23H26N4O2. The number of ketones is 1. The van der Waals surface area contributed by atoms with Crippen LogP contribution >= 0.6 is 0 Å².